The summed E-state index contributed by atoms with van der Waals surface area (Å²) in [6, 6.07) is 13.1. The number of amides is 1. The summed E-state index contributed by atoms with van der Waals surface area (Å²) in [5.41, 5.74) is 2.96. The number of hydrogen-bond acceptors (Lipinski definition) is 3. The highest BCUT2D eigenvalue weighted by Gasteiger charge is 2.16. The second-order valence-electron chi connectivity index (χ2n) is 6.30. The summed E-state index contributed by atoms with van der Waals surface area (Å²) < 4.78 is 9.25. The summed E-state index contributed by atoms with van der Waals surface area (Å²) in [7, 11) is 1.54. The highest BCUT2D eigenvalue weighted by molar-refractivity contribution is 6.33. The third-order valence-electron chi connectivity index (χ3n) is 4.48. The van der Waals surface area contributed by atoms with E-state index in [9.17, 15) is 4.79 Å². The van der Waals surface area contributed by atoms with E-state index in [1.165, 1.54) is 7.11 Å². The predicted molar refractivity (Wildman–Crippen MR) is 109 cm³/mol. The van der Waals surface area contributed by atoms with Gasteiger partial charge in [-0.3, -0.25) is 4.79 Å². The maximum absolute atomic E-state index is 12.7. The molecule has 0 aliphatic rings. The number of halogens is 1. The number of nitrogens with one attached hydrogen (secondary N) is 1. The van der Waals surface area contributed by atoms with E-state index in [1.54, 1.807) is 12.1 Å². The van der Waals surface area contributed by atoms with Crippen LogP contribution in [0.4, 0.5) is 0 Å². The van der Waals surface area contributed by atoms with Crippen molar-refractivity contribution >= 4 is 23.2 Å². The third kappa shape index (κ3) is 3.59. The Labute approximate surface area is 167 Å². The first-order chi connectivity index (χ1) is 13.7. The summed E-state index contributed by atoms with van der Waals surface area (Å²) in [6.45, 7) is 0.461. The minimum absolute atomic E-state index is 0.235. The van der Waals surface area contributed by atoms with E-state index >= 15 is 0 Å². The van der Waals surface area contributed by atoms with E-state index in [2.05, 4.69) is 10.3 Å². The van der Waals surface area contributed by atoms with Crippen LogP contribution in [0.2, 0.25) is 5.02 Å². The van der Waals surface area contributed by atoms with Crippen LogP contribution in [0.15, 0.2) is 67.3 Å². The number of hydrogen-bond donors (Lipinski definition) is 1. The summed E-state index contributed by atoms with van der Waals surface area (Å²) in [4.78, 5) is 17.2. The number of methoxy groups -OCH3 is 1. The van der Waals surface area contributed by atoms with Gasteiger partial charge in [0.25, 0.3) is 5.91 Å². The zero-order chi connectivity index (χ0) is 19.5. The van der Waals surface area contributed by atoms with Crippen molar-refractivity contribution in [2.45, 2.75) is 6.42 Å². The van der Waals surface area contributed by atoms with E-state index in [0.717, 1.165) is 17.0 Å². The molecule has 0 radical (unpaired) electrons. The van der Waals surface area contributed by atoms with Crippen LogP contribution in [0.3, 0.4) is 0 Å². The fourth-order valence-electron chi connectivity index (χ4n) is 3.09. The van der Waals surface area contributed by atoms with Crippen molar-refractivity contribution < 1.29 is 9.53 Å². The maximum Gasteiger partial charge on any atom is 0.255 e. The standard InChI is InChI=1S/C21H19ClN4O2/c1-28-19-13-18(25-9-4-5-10-25)17(22)12-16(19)21(27)23-8-7-15-14-26-11-3-2-6-20(26)24-15/h2-6,9-14H,7-8H2,1H3,(H,23,27). The van der Waals surface area contributed by atoms with Crippen LogP contribution in [0.5, 0.6) is 5.75 Å². The molecule has 1 amide bonds. The zero-order valence-electron chi connectivity index (χ0n) is 15.3. The van der Waals surface area contributed by atoms with Crippen molar-refractivity contribution in [3.63, 3.8) is 0 Å². The molecule has 0 aliphatic heterocycles. The summed E-state index contributed by atoms with van der Waals surface area (Å²) >= 11 is 6.40. The Morgan fingerprint density at radius 3 is 2.71 bits per heavy atom. The van der Waals surface area contributed by atoms with Gasteiger partial charge in [0, 0.05) is 43.8 Å². The average molecular weight is 395 g/mol. The van der Waals surface area contributed by atoms with E-state index in [0.29, 0.717) is 29.3 Å². The molecule has 1 N–H and O–H groups in total. The number of pyridine rings is 1. The molecule has 0 saturated heterocycles. The monoisotopic (exact) mass is 394 g/mol. The van der Waals surface area contributed by atoms with Crippen molar-refractivity contribution in [3.8, 4) is 11.4 Å². The van der Waals surface area contributed by atoms with Gasteiger partial charge in [-0.1, -0.05) is 17.7 Å². The molecule has 142 valence electrons. The maximum atomic E-state index is 12.7. The van der Waals surface area contributed by atoms with Crippen molar-refractivity contribution in [1.82, 2.24) is 19.3 Å². The number of ether oxygens (including phenoxy) is 1. The molecule has 6 nitrogen and oxygen atoms in total. The lowest BCUT2D eigenvalue weighted by atomic mass is 10.1. The number of rotatable bonds is 6. The van der Waals surface area contributed by atoms with Gasteiger partial charge in [-0.15, -0.1) is 0 Å². The van der Waals surface area contributed by atoms with Crippen LogP contribution in [-0.2, 0) is 6.42 Å². The van der Waals surface area contributed by atoms with Gasteiger partial charge in [0.15, 0.2) is 0 Å². The first-order valence-corrected chi connectivity index (χ1v) is 9.25. The van der Waals surface area contributed by atoms with E-state index in [-0.39, 0.29) is 5.91 Å². The Morgan fingerprint density at radius 2 is 1.96 bits per heavy atom. The minimum atomic E-state index is -0.235. The zero-order valence-corrected chi connectivity index (χ0v) is 16.1. The van der Waals surface area contributed by atoms with Crippen LogP contribution in [-0.4, -0.2) is 33.5 Å². The molecule has 4 rings (SSSR count). The lowest BCUT2D eigenvalue weighted by Gasteiger charge is -2.13. The molecule has 0 unspecified atom stereocenters. The highest BCUT2D eigenvalue weighted by Crippen LogP contribution is 2.30. The second-order valence-corrected chi connectivity index (χ2v) is 6.71. The average Bonchev–Trinajstić information content (AvgIpc) is 3.37. The number of fused-ring (bicyclic) bond motifs is 1. The number of aromatic nitrogens is 3. The summed E-state index contributed by atoms with van der Waals surface area (Å²) in [5, 5.41) is 3.39. The first-order valence-electron chi connectivity index (χ1n) is 8.87. The predicted octanol–water partition coefficient (Wildman–Crippen LogP) is 3.76. The quantitative estimate of drug-likeness (QED) is 0.541. The van der Waals surface area contributed by atoms with Crippen molar-refractivity contribution in [2.24, 2.45) is 0 Å². The van der Waals surface area contributed by atoms with Gasteiger partial charge in [0.05, 0.1) is 29.1 Å². The Bertz CT molecular complexity index is 1090. The molecule has 0 atom stereocenters. The lowest BCUT2D eigenvalue weighted by molar-refractivity contribution is 0.0951. The Hall–Kier alpha value is -3.25. The van der Waals surface area contributed by atoms with Gasteiger partial charge in [-0.2, -0.15) is 0 Å². The van der Waals surface area contributed by atoms with Gasteiger partial charge in [-0.05, 0) is 30.3 Å². The number of carbonyl (C=O) groups is 1. The molecule has 0 bridgehead atoms. The van der Waals surface area contributed by atoms with Gasteiger partial charge in [0.1, 0.15) is 11.4 Å². The largest absolute Gasteiger partial charge is 0.496 e. The molecule has 0 fully saturated rings. The smallest absolute Gasteiger partial charge is 0.255 e. The van der Waals surface area contributed by atoms with Crippen molar-refractivity contribution in [2.75, 3.05) is 13.7 Å². The minimum Gasteiger partial charge on any atom is -0.496 e. The van der Waals surface area contributed by atoms with Crippen LogP contribution in [0.25, 0.3) is 11.3 Å². The third-order valence-corrected chi connectivity index (χ3v) is 4.78. The van der Waals surface area contributed by atoms with Crippen LogP contribution >= 0.6 is 11.6 Å². The molecule has 3 heterocycles. The van der Waals surface area contributed by atoms with Crippen LogP contribution in [0, 0.1) is 0 Å². The van der Waals surface area contributed by atoms with E-state index < -0.39 is 0 Å². The van der Waals surface area contributed by atoms with E-state index in [4.69, 9.17) is 16.3 Å². The van der Waals surface area contributed by atoms with Crippen molar-refractivity contribution in [3.05, 3.63) is 83.5 Å². The first kappa shape index (κ1) is 18.1. The van der Waals surface area contributed by atoms with Gasteiger partial charge in [0.2, 0.25) is 0 Å². The molecule has 0 aliphatic carbocycles. The van der Waals surface area contributed by atoms with Crippen LogP contribution in [0.1, 0.15) is 16.1 Å². The number of imidazole rings is 1. The molecular weight excluding hydrogens is 376 g/mol. The van der Waals surface area contributed by atoms with Crippen molar-refractivity contribution in [1.29, 1.82) is 0 Å². The molecule has 1 aromatic carbocycles. The number of carbonyl (C=O) groups excluding carboxylic acids is 1. The Balaban J connectivity index is 1.47. The molecule has 3 aromatic heterocycles. The SMILES string of the molecule is COc1cc(-n2cccc2)c(Cl)cc1C(=O)NCCc1cn2ccccc2n1. The second kappa shape index (κ2) is 7.78. The van der Waals surface area contributed by atoms with E-state index in [1.807, 2.05) is 64.1 Å². The molecule has 7 heteroatoms. The fraction of sp³-hybridized carbons (Fsp3) is 0.143. The molecule has 0 saturated carbocycles. The van der Waals surface area contributed by atoms with Gasteiger partial charge >= 0.3 is 0 Å². The Morgan fingerprint density at radius 1 is 1.18 bits per heavy atom. The Kier molecular flexibility index (Phi) is 5.04. The highest BCUT2D eigenvalue weighted by atomic mass is 35.5. The lowest BCUT2D eigenvalue weighted by Crippen LogP contribution is -2.26. The summed E-state index contributed by atoms with van der Waals surface area (Å²) in [5.74, 6) is 0.236. The number of nitrogens with zero attached hydrogens (tertiary/aromatic N) is 3. The van der Waals surface area contributed by atoms with Gasteiger partial charge < -0.3 is 19.0 Å². The van der Waals surface area contributed by atoms with Gasteiger partial charge in [-0.25, -0.2) is 4.98 Å². The molecular formula is C21H19ClN4O2. The molecule has 4 aromatic rings. The normalized spacial score (nSPS) is 10.9. The number of benzene rings is 1. The summed E-state index contributed by atoms with van der Waals surface area (Å²) in [6.07, 6.45) is 8.31. The topological polar surface area (TPSA) is 60.6 Å². The molecule has 0 spiro atoms. The fourth-order valence-corrected chi connectivity index (χ4v) is 3.35. The molecule has 28 heavy (non-hydrogen) atoms. The van der Waals surface area contributed by atoms with Crippen LogP contribution < -0.4 is 10.1 Å².